The molecular formula is C50H42N2. The molecule has 0 aromatic heterocycles. The molecule has 9 rings (SSSR count). The fraction of sp³-hybridized carbons (Fsp3) is 0.120. The summed E-state index contributed by atoms with van der Waals surface area (Å²) in [5, 5.41) is 5.02. The van der Waals surface area contributed by atoms with Crippen molar-refractivity contribution < 1.29 is 0 Å². The minimum absolute atomic E-state index is 1.16. The molecule has 0 saturated carbocycles. The lowest BCUT2D eigenvalue weighted by molar-refractivity contribution is 1.23. The smallest absolute Gasteiger partial charge is 0.0490 e. The summed E-state index contributed by atoms with van der Waals surface area (Å²) in [6, 6.07) is 54.3. The van der Waals surface area contributed by atoms with Crippen molar-refractivity contribution in [2.45, 2.75) is 41.5 Å². The lowest BCUT2D eigenvalue weighted by Crippen LogP contribution is -2.12. The van der Waals surface area contributed by atoms with E-state index in [4.69, 9.17) is 0 Å². The lowest BCUT2D eigenvalue weighted by Gasteiger charge is -2.29. The summed E-state index contributed by atoms with van der Waals surface area (Å²) in [5.41, 5.74) is 20.1. The van der Waals surface area contributed by atoms with E-state index in [1.54, 1.807) is 0 Å². The predicted molar refractivity (Wildman–Crippen MR) is 224 cm³/mol. The van der Waals surface area contributed by atoms with Gasteiger partial charge in [-0.25, -0.2) is 0 Å². The Morgan fingerprint density at radius 3 is 1.00 bits per heavy atom. The Kier molecular flexibility index (Phi) is 7.52. The third-order valence-corrected chi connectivity index (χ3v) is 11.2. The number of para-hydroxylation sites is 2. The SMILES string of the molecule is Cc1ccc(N(c2ccc3cc4c(cc3c2)-c2cc3ccc(N(c5ccc(C)c(C)c5)c5ccccc5C)cc3cc2-4)c2ccccc2C)cc1C. The van der Waals surface area contributed by atoms with Gasteiger partial charge in [0.2, 0.25) is 0 Å². The maximum absolute atomic E-state index is 2.40. The van der Waals surface area contributed by atoms with Crippen LogP contribution < -0.4 is 9.80 Å². The molecule has 0 amide bonds. The molecule has 0 N–H and O–H groups in total. The van der Waals surface area contributed by atoms with Crippen molar-refractivity contribution in [2.75, 3.05) is 9.80 Å². The largest absolute Gasteiger partial charge is 0.310 e. The van der Waals surface area contributed by atoms with Crippen LogP contribution in [0.1, 0.15) is 33.4 Å². The van der Waals surface area contributed by atoms with E-state index in [0.29, 0.717) is 0 Å². The highest BCUT2D eigenvalue weighted by molar-refractivity contribution is 6.12. The Hall–Kier alpha value is -6.12. The monoisotopic (exact) mass is 670 g/mol. The molecule has 0 saturated heterocycles. The van der Waals surface area contributed by atoms with Crippen molar-refractivity contribution in [1.29, 1.82) is 0 Å². The Labute approximate surface area is 307 Å². The van der Waals surface area contributed by atoms with E-state index in [1.807, 2.05) is 0 Å². The third-order valence-electron chi connectivity index (χ3n) is 11.2. The molecule has 1 aliphatic carbocycles. The molecule has 0 spiro atoms. The van der Waals surface area contributed by atoms with Crippen molar-refractivity contribution in [3.8, 4) is 22.3 Å². The zero-order valence-electron chi connectivity index (χ0n) is 30.8. The van der Waals surface area contributed by atoms with Crippen molar-refractivity contribution in [3.05, 3.63) is 179 Å². The van der Waals surface area contributed by atoms with Crippen LogP contribution in [0.3, 0.4) is 0 Å². The van der Waals surface area contributed by atoms with E-state index >= 15 is 0 Å². The molecule has 0 radical (unpaired) electrons. The molecule has 2 heteroatoms. The molecular weight excluding hydrogens is 629 g/mol. The second-order valence-electron chi connectivity index (χ2n) is 14.6. The molecule has 0 unspecified atom stereocenters. The molecule has 1 aliphatic rings. The summed E-state index contributed by atoms with van der Waals surface area (Å²) in [7, 11) is 0. The Morgan fingerprint density at radius 1 is 0.269 bits per heavy atom. The maximum atomic E-state index is 2.40. The van der Waals surface area contributed by atoms with Gasteiger partial charge in [0.1, 0.15) is 0 Å². The summed E-state index contributed by atoms with van der Waals surface area (Å²) in [6.07, 6.45) is 0. The molecule has 2 nitrogen and oxygen atoms in total. The van der Waals surface area contributed by atoms with Gasteiger partial charge < -0.3 is 9.80 Å². The molecule has 8 aromatic rings. The van der Waals surface area contributed by atoms with Gasteiger partial charge in [0, 0.05) is 34.1 Å². The van der Waals surface area contributed by atoms with E-state index < -0.39 is 0 Å². The van der Waals surface area contributed by atoms with Crippen molar-refractivity contribution in [2.24, 2.45) is 0 Å². The minimum atomic E-state index is 1.16. The number of fused-ring (bicyclic) bond motifs is 6. The van der Waals surface area contributed by atoms with Gasteiger partial charge >= 0.3 is 0 Å². The normalized spacial score (nSPS) is 11.7. The van der Waals surface area contributed by atoms with E-state index in [-0.39, 0.29) is 0 Å². The zero-order valence-corrected chi connectivity index (χ0v) is 30.8. The molecule has 0 bridgehead atoms. The first-order valence-electron chi connectivity index (χ1n) is 18.3. The van der Waals surface area contributed by atoms with Gasteiger partial charge in [-0.1, -0.05) is 60.7 Å². The van der Waals surface area contributed by atoms with Gasteiger partial charge in [0.15, 0.2) is 0 Å². The summed E-state index contributed by atoms with van der Waals surface area (Å²) >= 11 is 0. The molecule has 8 aromatic carbocycles. The highest BCUT2D eigenvalue weighted by Gasteiger charge is 2.25. The Balaban J connectivity index is 1.12. The Morgan fingerprint density at radius 2 is 0.615 bits per heavy atom. The number of benzene rings is 8. The average Bonchev–Trinajstić information content (AvgIpc) is 3.15. The van der Waals surface area contributed by atoms with E-state index in [1.165, 1.54) is 99.9 Å². The topological polar surface area (TPSA) is 6.48 Å². The quantitative estimate of drug-likeness (QED) is 0.174. The maximum Gasteiger partial charge on any atom is 0.0490 e. The second kappa shape index (κ2) is 12.3. The van der Waals surface area contributed by atoms with E-state index in [2.05, 4.69) is 197 Å². The first kappa shape index (κ1) is 31.8. The standard InChI is InChI=1S/C50H42N2/c1-31-15-19-41(23-35(31)5)51(49-13-9-7-11-33(49)3)43-21-17-37-27-45-47(29-39(37)25-43)46-28-38-18-22-44(26-40(38)30-48(45)46)52(50-14-10-8-12-34(50)4)42-20-16-32(2)36(6)24-42/h7-30H,1-6H3. The summed E-state index contributed by atoms with van der Waals surface area (Å²) in [5.74, 6) is 0. The number of nitrogens with zero attached hydrogens (tertiary/aromatic N) is 2. The van der Waals surface area contributed by atoms with Crippen molar-refractivity contribution in [1.82, 2.24) is 0 Å². The number of anilines is 6. The molecule has 252 valence electrons. The second-order valence-corrected chi connectivity index (χ2v) is 14.6. The fourth-order valence-electron chi connectivity index (χ4n) is 7.89. The van der Waals surface area contributed by atoms with Crippen LogP contribution in [0.25, 0.3) is 43.8 Å². The van der Waals surface area contributed by atoms with Gasteiger partial charge in [-0.05, 0) is 204 Å². The van der Waals surface area contributed by atoms with Gasteiger partial charge in [-0.3, -0.25) is 0 Å². The number of hydrogen-bond donors (Lipinski definition) is 0. The zero-order chi connectivity index (χ0) is 35.7. The highest BCUT2D eigenvalue weighted by Crippen LogP contribution is 2.51. The van der Waals surface area contributed by atoms with Crippen molar-refractivity contribution >= 4 is 55.7 Å². The van der Waals surface area contributed by atoms with Gasteiger partial charge in [-0.2, -0.15) is 0 Å². The van der Waals surface area contributed by atoms with Crippen LogP contribution in [0.5, 0.6) is 0 Å². The molecule has 0 heterocycles. The first-order valence-corrected chi connectivity index (χ1v) is 18.3. The number of hydrogen-bond acceptors (Lipinski definition) is 2. The fourth-order valence-corrected chi connectivity index (χ4v) is 7.89. The van der Waals surface area contributed by atoms with Gasteiger partial charge in [-0.15, -0.1) is 0 Å². The van der Waals surface area contributed by atoms with Crippen LogP contribution in [0.4, 0.5) is 34.1 Å². The van der Waals surface area contributed by atoms with Crippen LogP contribution >= 0.6 is 0 Å². The Bertz CT molecular complexity index is 2510. The molecule has 0 atom stereocenters. The summed E-state index contributed by atoms with van der Waals surface area (Å²) in [6.45, 7) is 13.1. The summed E-state index contributed by atoms with van der Waals surface area (Å²) in [4.78, 5) is 4.80. The van der Waals surface area contributed by atoms with Crippen LogP contribution in [0.15, 0.2) is 146 Å². The third kappa shape index (κ3) is 5.26. The van der Waals surface area contributed by atoms with Crippen LogP contribution in [-0.2, 0) is 0 Å². The molecule has 52 heavy (non-hydrogen) atoms. The average molecular weight is 671 g/mol. The lowest BCUT2D eigenvalue weighted by atomic mass is 9.78. The van der Waals surface area contributed by atoms with E-state index in [0.717, 1.165) is 11.4 Å². The highest BCUT2D eigenvalue weighted by atomic mass is 15.1. The van der Waals surface area contributed by atoms with Gasteiger partial charge in [0.05, 0.1) is 0 Å². The van der Waals surface area contributed by atoms with Crippen LogP contribution in [0, 0.1) is 41.5 Å². The minimum Gasteiger partial charge on any atom is -0.310 e. The van der Waals surface area contributed by atoms with Crippen LogP contribution in [0.2, 0.25) is 0 Å². The van der Waals surface area contributed by atoms with Crippen LogP contribution in [-0.4, -0.2) is 0 Å². The molecule has 0 aliphatic heterocycles. The molecule has 0 fully saturated rings. The van der Waals surface area contributed by atoms with Crippen molar-refractivity contribution in [3.63, 3.8) is 0 Å². The number of aryl methyl sites for hydroxylation is 6. The summed E-state index contributed by atoms with van der Waals surface area (Å²) < 4.78 is 0. The van der Waals surface area contributed by atoms with E-state index in [9.17, 15) is 0 Å². The number of rotatable bonds is 6. The predicted octanol–water partition coefficient (Wildman–Crippen LogP) is 14.4. The first-order chi connectivity index (χ1) is 25.2. The van der Waals surface area contributed by atoms with Gasteiger partial charge in [0.25, 0.3) is 0 Å².